The lowest BCUT2D eigenvalue weighted by Gasteiger charge is -2.12. The van der Waals surface area contributed by atoms with Crippen molar-refractivity contribution in [3.8, 4) is 17.2 Å². The van der Waals surface area contributed by atoms with Crippen LogP contribution in [0.5, 0.6) is 17.2 Å². The number of sulfonamides is 1. The van der Waals surface area contributed by atoms with Gasteiger partial charge in [0.25, 0.3) is 15.7 Å². The molecule has 184 valence electrons. The number of ether oxygens (including phenoxy) is 3. The summed E-state index contributed by atoms with van der Waals surface area (Å²) in [5, 5.41) is 16.0. The zero-order valence-corrected chi connectivity index (χ0v) is 20.4. The van der Waals surface area contributed by atoms with Crippen molar-refractivity contribution in [2.75, 3.05) is 31.5 Å². The Morgan fingerprint density at radius 3 is 2.26 bits per heavy atom. The van der Waals surface area contributed by atoms with Crippen LogP contribution in [0, 0.1) is 10.1 Å². The maximum Gasteiger partial charge on any atom is 0.295 e. The van der Waals surface area contributed by atoms with Crippen LogP contribution in [0.25, 0.3) is 0 Å². The second kappa shape index (κ2) is 10.9. The molecule has 0 spiro atoms. The van der Waals surface area contributed by atoms with Gasteiger partial charge in [0.15, 0.2) is 0 Å². The summed E-state index contributed by atoms with van der Waals surface area (Å²) in [5.41, 5.74) is 2.71. The standard InChI is InChI=1S/C22H21ClN4O7S/c1-32-16-10-21(33-2)18(22(11-16)34-3)13-24-25-19-8-7-17(12-20(19)27(28)29)35(30,31)26-15-6-4-5-14(23)9-15/h4-13,25-26H,1-3H3. The Morgan fingerprint density at radius 1 is 1.00 bits per heavy atom. The van der Waals surface area contributed by atoms with Crippen LogP contribution in [0.1, 0.15) is 5.56 Å². The SMILES string of the molecule is COc1cc(OC)c(C=NNc2ccc(S(=O)(=O)Nc3cccc(Cl)c3)cc2[N+](=O)[O-])c(OC)c1. The van der Waals surface area contributed by atoms with Gasteiger partial charge in [-0.1, -0.05) is 17.7 Å². The highest BCUT2D eigenvalue weighted by molar-refractivity contribution is 7.92. The van der Waals surface area contributed by atoms with Gasteiger partial charge in [-0.05, 0) is 30.3 Å². The van der Waals surface area contributed by atoms with E-state index in [1.807, 2.05) is 0 Å². The van der Waals surface area contributed by atoms with E-state index in [1.54, 1.807) is 24.3 Å². The van der Waals surface area contributed by atoms with Crippen LogP contribution in [-0.4, -0.2) is 40.9 Å². The van der Waals surface area contributed by atoms with E-state index in [-0.39, 0.29) is 16.3 Å². The molecular weight excluding hydrogens is 500 g/mol. The Hall–Kier alpha value is -4.03. The minimum Gasteiger partial charge on any atom is -0.496 e. The van der Waals surface area contributed by atoms with Crippen LogP contribution >= 0.6 is 11.6 Å². The molecule has 0 bridgehead atoms. The van der Waals surface area contributed by atoms with Gasteiger partial charge in [-0.3, -0.25) is 20.3 Å². The normalized spacial score (nSPS) is 11.2. The average Bonchev–Trinajstić information content (AvgIpc) is 2.83. The fraction of sp³-hybridized carbons (Fsp3) is 0.136. The van der Waals surface area contributed by atoms with Gasteiger partial charge in [0, 0.05) is 23.2 Å². The number of hydrogen-bond donors (Lipinski definition) is 2. The van der Waals surface area contributed by atoms with Gasteiger partial charge in [-0.25, -0.2) is 8.42 Å². The minimum atomic E-state index is -4.12. The lowest BCUT2D eigenvalue weighted by Crippen LogP contribution is -2.13. The highest BCUT2D eigenvalue weighted by Gasteiger charge is 2.22. The number of nitrogens with zero attached hydrogens (tertiary/aromatic N) is 2. The summed E-state index contributed by atoms with van der Waals surface area (Å²) in [6, 6.07) is 12.7. The van der Waals surface area contributed by atoms with Crippen molar-refractivity contribution >= 4 is 44.9 Å². The third-order valence-corrected chi connectivity index (χ3v) is 6.30. The van der Waals surface area contributed by atoms with E-state index in [2.05, 4.69) is 15.2 Å². The third-order valence-electron chi connectivity index (χ3n) is 4.68. The first-order valence-corrected chi connectivity index (χ1v) is 11.7. The molecule has 0 aliphatic heterocycles. The number of hydrogen-bond acceptors (Lipinski definition) is 9. The lowest BCUT2D eigenvalue weighted by molar-refractivity contribution is -0.384. The van der Waals surface area contributed by atoms with E-state index in [0.717, 1.165) is 6.07 Å². The number of benzene rings is 3. The molecule has 0 fully saturated rings. The Balaban J connectivity index is 1.89. The molecule has 0 heterocycles. The Labute approximate surface area is 206 Å². The molecule has 35 heavy (non-hydrogen) atoms. The zero-order valence-electron chi connectivity index (χ0n) is 18.8. The van der Waals surface area contributed by atoms with Crippen molar-refractivity contribution in [3.63, 3.8) is 0 Å². The molecule has 3 aromatic rings. The first-order valence-electron chi connectivity index (χ1n) is 9.84. The molecule has 3 rings (SSSR count). The molecule has 2 N–H and O–H groups in total. The molecule has 0 aliphatic rings. The van der Waals surface area contributed by atoms with Crippen LogP contribution in [0.15, 0.2) is 64.6 Å². The number of nitro groups is 1. The fourth-order valence-corrected chi connectivity index (χ4v) is 4.28. The summed E-state index contributed by atoms with van der Waals surface area (Å²) in [5.74, 6) is 1.30. The van der Waals surface area contributed by atoms with E-state index in [1.165, 1.54) is 51.8 Å². The van der Waals surface area contributed by atoms with Crippen molar-refractivity contribution in [1.29, 1.82) is 0 Å². The Kier molecular flexibility index (Phi) is 7.99. The molecule has 0 saturated carbocycles. The van der Waals surface area contributed by atoms with E-state index in [4.69, 9.17) is 25.8 Å². The van der Waals surface area contributed by atoms with Gasteiger partial charge in [0.2, 0.25) is 0 Å². The maximum absolute atomic E-state index is 12.7. The first-order chi connectivity index (χ1) is 16.7. The molecule has 0 unspecified atom stereocenters. The minimum absolute atomic E-state index is 0.0283. The predicted octanol–water partition coefficient (Wildman–Crippen LogP) is 4.52. The molecule has 0 atom stereocenters. The number of nitro benzene ring substituents is 1. The molecule has 11 nitrogen and oxygen atoms in total. The second-order valence-electron chi connectivity index (χ2n) is 6.87. The van der Waals surface area contributed by atoms with Crippen molar-refractivity contribution in [2.45, 2.75) is 4.90 Å². The number of nitrogens with one attached hydrogen (secondary N) is 2. The van der Waals surface area contributed by atoms with Crippen LogP contribution in [0.4, 0.5) is 17.1 Å². The molecular formula is C22H21ClN4O7S. The highest BCUT2D eigenvalue weighted by atomic mass is 35.5. The second-order valence-corrected chi connectivity index (χ2v) is 8.99. The van der Waals surface area contributed by atoms with E-state index in [9.17, 15) is 18.5 Å². The predicted molar refractivity (Wildman–Crippen MR) is 133 cm³/mol. The van der Waals surface area contributed by atoms with E-state index in [0.29, 0.717) is 27.8 Å². The molecule has 13 heteroatoms. The largest absolute Gasteiger partial charge is 0.496 e. The number of rotatable bonds is 10. The summed E-state index contributed by atoms with van der Waals surface area (Å²) >= 11 is 5.89. The summed E-state index contributed by atoms with van der Waals surface area (Å²) in [6.07, 6.45) is 1.35. The summed E-state index contributed by atoms with van der Waals surface area (Å²) < 4.78 is 43.7. The van der Waals surface area contributed by atoms with Gasteiger partial charge in [-0.2, -0.15) is 5.10 Å². The van der Waals surface area contributed by atoms with Gasteiger partial charge in [-0.15, -0.1) is 0 Å². The third kappa shape index (κ3) is 6.11. The Bertz CT molecular complexity index is 1350. The topological polar surface area (TPSA) is 141 Å². The maximum atomic E-state index is 12.7. The quantitative estimate of drug-likeness (QED) is 0.226. The monoisotopic (exact) mass is 520 g/mol. The molecule has 0 radical (unpaired) electrons. The number of anilines is 2. The number of halogens is 1. The molecule has 3 aromatic carbocycles. The van der Waals surface area contributed by atoms with Crippen LogP contribution in [0.3, 0.4) is 0 Å². The van der Waals surface area contributed by atoms with Gasteiger partial charge in [0.1, 0.15) is 22.9 Å². The molecule has 0 saturated heterocycles. The molecule has 0 aromatic heterocycles. The van der Waals surface area contributed by atoms with Crippen molar-refractivity contribution in [3.05, 3.63) is 75.3 Å². The van der Waals surface area contributed by atoms with Crippen molar-refractivity contribution in [1.82, 2.24) is 0 Å². The van der Waals surface area contributed by atoms with E-state index >= 15 is 0 Å². The highest BCUT2D eigenvalue weighted by Crippen LogP contribution is 2.33. The van der Waals surface area contributed by atoms with Crippen molar-refractivity contribution < 1.29 is 27.6 Å². The van der Waals surface area contributed by atoms with Crippen molar-refractivity contribution in [2.24, 2.45) is 5.10 Å². The van der Waals surface area contributed by atoms with Crippen LogP contribution in [0.2, 0.25) is 5.02 Å². The average molecular weight is 521 g/mol. The fourth-order valence-electron chi connectivity index (χ4n) is 3.02. The van der Waals surface area contributed by atoms with Crippen LogP contribution in [-0.2, 0) is 10.0 Å². The molecule has 0 amide bonds. The summed E-state index contributed by atoms with van der Waals surface area (Å²) in [4.78, 5) is 10.6. The van der Waals surface area contributed by atoms with Gasteiger partial charge in [0.05, 0.1) is 48.6 Å². The summed E-state index contributed by atoms with van der Waals surface area (Å²) in [6.45, 7) is 0. The first kappa shape index (κ1) is 25.6. The number of hydrazone groups is 1. The summed E-state index contributed by atoms with van der Waals surface area (Å²) in [7, 11) is 0.299. The number of methoxy groups -OCH3 is 3. The smallest absolute Gasteiger partial charge is 0.295 e. The lowest BCUT2D eigenvalue weighted by atomic mass is 10.2. The zero-order chi connectivity index (χ0) is 25.6. The van der Waals surface area contributed by atoms with Gasteiger partial charge < -0.3 is 14.2 Å². The van der Waals surface area contributed by atoms with E-state index < -0.39 is 20.6 Å². The Morgan fingerprint density at radius 2 is 1.69 bits per heavy atom. The molecule has 0 aliphatic carbocycles. The van der Waals surface area contributed by atoms with Crippen LogP contribution < -0.4 is 24.4 Å². The van der Waals surface area contributed by atoms with Gasteiger partial charge >= 0.3 is 0 Å².